The molecule has 0 radical (unpaired) electrons. The summed E-state index contributed by atoms with van der Waals surface area (Å²) in [5.41, 5.74) is 3.14. The Morgan fingerprint density at radius 3 is 2.00 bits per heavy atom. The van der Waals surface area contributed by atoms with Crippen molar-refractivity contribution in [3.63, 3.8) is 0 Å². The van der Waals surface area contributed by atoms with Crippen LogP contribution in [-0.4, -0.2) is 41.4 Å². The molecular formula is C30H24FN5O3. The molecule has 0 bridgehead atoms. The average Bonchev–Trinajstić information content (AvgIpc) is 3.32. The van der Waals surface area contributed by atoms with Crippen molar-refractivity contribution in [2.45, 2.75) is 19.6 Å². The smallest absolute Gasteiger partial charge is 0.335 e. The number of fused-ring (bicyclic) bond motifs is 1. The molecule has 0 aliphatic rings. The van der Waals surface area contributed by atoms with Crippen LogP contribution in [0, 0.1) is 5.41 Å². The molecule has 4 aromatic heterocycles. The molecule has 9 heteroatoms. The monoisotopic (exact) mass is 521 g/mol. The van der Waals surface area contributed by atoms with Gasteiger partial charge in [0.25, 0.3) is 5.79 Å². The molecule has 3 N–H and O–H groups in total. The molecule has 0 atom stereocenters. The lowest BCUT2D eigenvalue weighted by Crippen LogP contribution is -2.32. The number of benzene rings is 1. The number of aromatic nitrogens is 4. The first kappa shape index (κ1) is 25.5. The number of carbonyl (C=O) groups is 1. The van der Waals surface area contributed by atoms with Crippen LogP contribution in [0.3, 0.4) is 0 Å². The number of nitrogens with zero attached hydrogens (tertiary/aromatic N) is 4. The van der Waals surface area contributed by atoms with Crippen molar-refractivity contribution in [1.82, 2.24) is 19.5 Å². The van der Waals surface area contributed by atoms with E-state index in [1.165, 1.54) is 42.2 Å². The third-order valence-corrected chi connectivity index (χ3v) is 6.45. The number of pyridine rings is 3. The third kappa shape index (κ3) is 4.44. The molecule has 0 aliphatic carbocycles. The van der Waals surface area contributed by atoms with Gasteiger partial charge in [0.2, 0.25) is 0 Å². The second-order valence-electron chi connectivity index (χ2n) is 9.02. The molecule has 0 amide bonds. The van der Waals surface area contributed by atoms with Crippen LogP contribution in [0.25, 0.3) is 27.7 Å². The Labute approximate surface area is 223 Å². The standard InChI is InChI=1S/C30H24FN5O3/c1-18(32)27(19(2)37)22-15-24-28(35-16-22)23(20-9-11-21(12-10-20)29(38)39)17-36(24)30(31,25-7-3-5-13-33-25)26-8-4-6-14-34-26/h3-17,32,37H,1-2H3,(H,38,39)/b27-19+,32-18?. The SMILES string of the molecule is CC(=N)/C(=C(/C)O)c1cnc2c(-c3ccc(C(=O)O)cc3)cn(C(F)(c3ccccn3)c3ccccn3)c2c1. The number of allylic oxidation sites excluding steroid dienone is 2. The van der Waals surface area contributed by atoms with Crippen molar-refractivity contribution in [1.29, 1.82) is 5.41 Å². The normalized spacial score (nSPS) is 12.3. The van der Waals surface area contributed by atoms with Crippen molar-refractivity contribution >= 4 is 28.3 Å². The van der Waals surface area contributed by atoms with Crippen molar-refractivity contribution in [3.05, 3.63) is 120 Å². The quantitative estimate of drug-likeness (QED) is 0.172. The fourth-order valence-electron chi connectivity index (χ4n) is 4.69. The fourth-order valence-corrected chi connectivity index (χ4v) is 4.69. The number of alkyl halides is 1. The maximum absolute atomic E-state index is 17.7. The maximum atomic E-state index is 17.7. The zero-order valence-corrected chi connectivity index (χ0v) is 21.1. The number of nitrogens with one attached hydrogen (secondary N) is 1. The van der Waals surface area contributed by atoms with Gasteiger partial charge >= 0.3 is 5.97 Å². The topological polar surface area (TPSA) is 125 Å². The van der Waals surface area contributed by atoms with Gasteiger partial charge in [-0.1, -0.05) is 24.3 Å². The Kier molecular flexibility index (Phi) is 6.49. The van der Waals surface area contributed by atoms with Crippen LogP contribution in [0.15, 0.2) is 97.3 Å². The minimum atomic E-state index is -2.36. The molecule has 8 nitrogen and oxygen atoms in total. The highest BCUT2D eigenvalue weighted by Gasteiger charge is 2.41. The number of hydrogen-bond acceptors (Lipinski definition) is 6. The van der Waals surface area contributed by atoms with Crippen LogP contribution in [0.4, 0.5) is 4.39 Å². The van der Waals surface area contributed by atoms with Crippen molar-refractivity contribution in [2.24, 2.45) is 0 Å². The van der Waals surface area contributed by atoms with E-state index in [-0.39, 0.29) is 34.0 Å². The van der Waals surface area contributed by atoms with Gasteiger partial charge in [0.1, 0.15) is 11.4 Å². The lowest BCUT2D eigenvalue weighted by molar-refractivity contribution is 0.0697. The van der Waals surface area contributed by atoms with Gasteiger partial charge in [-0.2, -0.15) is 0 Å². The summed E-state index contributed by atoms with van der Waals surface area (Å²) in [5, 5.41) is 27.8. The Morgan fingerprint density at radius 1 is 0.897 bits per heavy atom. The van der Waals surface area contributed by atoms with E-state index in [1.54, 1.807) is 67.7 Å². The molecular weight excluding hydrogens is 497 g/mol. The molecule has 5 aromatic rings. The van der Waals surface area contributed by atoms with Crippen molar-refractivity contribution in [3.8, 4) is 11.1 Å². The van der Waals surface area contributed by atoms with Gasteiger partial charge in [-0.15, -0.1) is 0 Å². The molecule has 0 fully saturated rings. The second kappa shape index (κ2) is 9.94. The highest BCUT2D eigenvalue weighted by molar-refractivity contribution is 6.22. The van der Waals surface area contributed by atoms with E-state index in [4.69, 9.17) is 5.41 Å². The van der Waals surface area contributed by atoms with Crippen LogP contribution in [-0.2, 0) is 5.79 Å². The summed E-state index contributed by atoms with van der Waals surface area (Å²) in [7, 11) is 0. The molecule has 0 unspecified atom stereocenters. The minimum absolute atomic E-state index is 0.0628. The fraction of sp³-hybridized carbons (Fsp3) is 0.100. The molecule has 1 aromatic carbocycles. The summed E-state index contributed by atoms with van der Waals surface area (Å²) >= 11 is 0. The molecule has 0 saturated carbocycles. The lowest BCUT2D eigenvalue weighted by Gasteiger charge is -2.27. The molecule has 0 aliphatic heterocycles. The average molecular weight is 522 g/mol. The van der Waals surface area contributed by atoms with Crippen molar-refractivity contribution in [2.75, 3.05) is 0 Å². The Bertz CT molecular complexity index is 1690. The van der Waals surface area contributed by atoms with Gasteiger partial charge in [-0.3, -0.25) is 15.0 Å². The van der Waals surface area contributed by atoms with Gasteiger partial charge in [0.05, 0.1) is 22.4 Å². The summed E-state index contributed by atoms with van der Waals surface area (Å²) in [6.45, 7) is 3.03. The van der Waals surface area contributed by atoms with Gasteiger partial charge in [-0.05, 0) is 61.9 Å². The predicted molar refractivity (Wildman–Crippen MR) is 147 cm³/mol. The zero-order chi connectivity index (χ0) is 27.7. The molecule has 39 heavy (non-hydrogen) atoms. The number of halogens is 1. The van der Waals surface area contributed by atoms with Gasteiger partial charge in [0.15, 0.2) is 0 Å². The van der Waals surface area contributed by atoms with E-state index < -0.39 is 11.8 Å². The van der Waals surface area contributed by atoms with E-state index in [0.29, 0.717) is 27.7 Å². The molecule has 0 spiro atoms. The van der Waals surface area contributed by atoms with E-state index >= 15 is 4.39 Å². The number of carboxylic acid groups (broad SMARTS) is 1. The van der Waals surface area contributed by atoms with Crippen LogP contribution >= 0.6 is 0 Å². The van der Waals surface area contributed by atoms with E-state index in [1.807, 2.05) is 0 Å². The van der Waals surface area contributed by atoms with E-state index in [9.17, 15) is 15.0 Å². The van der Waals surface area contributed by atoms with E-state index in [2.05, 4.69) is 15.0 Å². The van der Waals surface area contributed by atoms with Crippen LogP contribution < -0.4 is 0 Å². The molecule has 4 heterocycles. The van der Waals surface area contributed by atoms with Crippen molar-refractivity contribution < 1.29 is 19.4 Å². The molecule has 0 saturated heterocycles. The summed E-state index contributed by atoms with van der Waals surface area (Å²) in [4.78, 5) is 24.7. The summed E-state index contributed by atoms with van der Waals surface area (Å²) < 4.78 is 19.1. The first-order valence-electron chi connectivity index (χ1n) is 12.0. The number of hydrogen-bond donors (Lipinski definition) is 3. The largest absolute Gasteiger partial charge is 0.512 e. The van der Waals surface area contributed by atoms with Gasteiger partial charge in [-0.25, -0.2) is 9.18 Å². The highest BCUT2D eigenvalue weighted by atomic mass is 19.1. The number of carboxylic acids is 1. The predicted octanol–water partition coefficient (Wildman–Crippen LogP) is 6.24. The van der Waals surface area contributed by atoms with Gasteiger partial charge < -0.3 is 20.2 Å². The Balaban J connectivity index is 1.87. The number of aliphatic hydroxyl groups excluding tert-OH is 1. The van der Waals surface area contributed by atoms with Gasteiger partial charge in [0, 0.05) is 47.2 Å². The molecule has 194 valence electrons. The lowest BCUT2D eigenvalue weighted by atomic mass is 10.0. The maximum Gasteiger partial charge on any atom is 0.335 e. The minimum Gasteiger partial charge on any atom is -0.512 e. The van der Waals surface area contributed by atoms with Crippen LogP contribution in [0.5, 0.6) is 0 Å². The van der Waals surface area contributed by atoms with E-state index in [0.717, 1.165) is 0 Å². The Morgan fingerprint density at radius 2 is 1.51 bits per heavy atom. The third-order valence-electron chi connectivity index (χ3n) is 6.45. The van der Waals surface area contributed by atoms with Crippen LogP contribution in [0.2, 0.25) is 0 Å². The summed E-state index contributed by atoms with van der Waals surface area (Å²) in [6, 6.07) is 17.8. The summed E-state index contributed by atoms with van der Waals surface area (Å²) in [6.07, 6.45) is 6.13. The zero-order valence-electron chi connectivity index (χ0n) is 21.1. The first-order chi connectivity index (χ1) is 18.7. The number of aliphatic hydroxyl groups is 1. The number of aromatic carboxylic acids is 1. The first-order valence-corrected chi connectivity index (χ1v) is 12.0. The highest BCUT2D eigenvalue weighted by Crippen LogP contribution is 2.41. The summed E-state index contributed by atoms with van der Waals surface area (Å²) in [5.74, 6) is -3.48. The molecule has 5 rings (SSSR count). The Hall–Kier alpha value is -5.18. The number of rotatable bonds is 7. The second-order valence-corrected chi connectivity index (χ2v) is 9.02. The van der Waals surface area contributed by atoms with Crippen LogP contribution in [0.1, 0.15) is 41.2 Å².